The highest BCUT2D eigenvalue weighted by Gasteiger charge is 2.47. The van der Waals surface area contributed by atoms with Gasteiger partial charge < -0.3 is 15.3 Å². The molecule has 1 rings (SSSR count). The van der Waals surface area contributed by atoms with Gasteiger partial charge in [-0.3, -0.25) is 0 Å². The van der Waals surface area contributed by atoms with E-state index in [9.17, 15) is 29.7 Å². The van der Waals surface area contributed by atoms with Crippen molar-refractivity contribution >= 4 is 0 Å². The van der Waals surface area contributed by atoms with Gasteiger partial charge >= 0.3 is 17.1 Å². The average Bonchev–Trinajstić information content (AvgIpc) is 2.90. The number of rotatable bonds is 18. The summed E-state index contributed by atoms with van der Waals surface area (Å²) in [7, 11) is 0. The minimum absolute atomic E-state index is 0.131. The Morgan fingerprint density at radius 1 is 0.581 bits per heavy atom. The number of hydrogen-bond acceptors (Lipinski definition) is 6. The van der Waals surface area contributed by atoms with Crippen molar-refractivity contribution in [2.75, 3.05) is 0 Å². The van der Waals surface area contributed by atoms with Crippen molar-refractivity contribution in [2.45, 2.75) is 120 Å². The van der Waals surface area contributed by atoms with Crippen molar-refractivity contribution < 1.29 is 15.3 Å². The van der Waals surface area contributed by atoms with E-state index >= 15 is 0 Å². The Bertz CT molecular complexity index is 1330. The van der Waals surface area contributed by atoms with E-state index in [0.29, 0.717) is 0 Å². The van der Waals surface area contributed by atoms with Gasteiger partial charge in [0.05, 0.1) is 37.9 Å². The molecule has 0 aliphatic rings. The lowest BCUT2D eigenvalue weighted by Crippen LogP contribution is -2.57. The zero-order chi connectivity index (χ0) is 33.8. The van der Waals surface area contributed by atoms with Crippen LogP contribution in [0.2, 0.25) is 0 Å². The van der Waals surface area contributed by atoms with Gasteiger partial charge in [-0.1, -0.05) is 86.6 Å². The lowest BCUT2D eigenvalue weighted by atomic mass is 9.53. The summed E-state index contributed by atoms with van der Waals surface area (Å²) in [6.07, 6.45) is 4.04. The Labute approximate surface area is 257 Å². The van der Waals surface area contributed by atoms with Gasteiger partial charge in [0.2, 0.25) is 0 Å². The number of hydrogen-bond donors (Lipinski definition) is 3. The minimum Gasteiger partial charge on any atom is -0.391 e. The first-order valence-corrected chi connectivity index (χ1v) is 15.0. The number of allylic oxidation sites excluding steroid dienone is 4. The first kappa shape index (κ1) is 38.3. The molecule has 1 aromatic rings. The Balaban J connectivity index is 3.67. The summed E-state index contributed by atoms with van der Waals surface area (Å²) in [4.78, 5) is 40.8. The van der Waals surface area contributed by atoms with Crippen LogP contribution in [0.25, 0.3) is 0 Å². The van der Waals surface area contributed by atoms with Crippen molar-refractivity contribution in [1.29, 1.82) is 0 Å². The predicted octanol–water partition coefficient (Wildman–Crippen LogP) is 4.28. The second kappa shape index (κ2) is 13.9. The molecule has 3 unspecified atom stereocenters. The first-order chi connectivity index (χ1) is 19.4. The Morgan fingerprint density at radius 3 is 1.26 bits per heavy atom. The Kier molecular flexibility index (Phi) is 12.4. The number of aromatic nitrogens is 3. The molecule has 0 aliphatic carbocycles. The molecule has 0 radical (unpaired) electrons. The molecule has 9 nitrogen and oxygen atoms in total. The summed E-state index contributed by atoms with van der Waals surface area (Å²) >= 11 is 0. The van der Waals surface area contributed by atoms with Gasteiger partial charge in [-0.25, -0.2) is 28.1 Å². The zero-order valence-corrected chi connectivity index (χ0v) is 28.0. The monoisotopic (exact) mass is 603 g/mol. The van der Waals surface area contributed by atoms with E-state index in [4.69, 9.17) is 0 Å². The highest BCUT2D eigenvalue weighted by atomic mass is 16.3. The van der Waals surface area contributed by atoms with Crippen molar-refractivity contribution in [1.82, 2.24) is 13.7 Å². The normalized spacial score (nSPS) is 15.4. The molecule has 1 heterocycles. The predicted molar refractivity (Wildman–Crippen MR) is 175 cm³/mol. The van der Waals surface area contributed by atoms with Gasteiger partial charge in [0.15, 0.2) is 0 Å². The fourth-order valence-electron chi connectivity index (χ4n) is 5.40. The molecule has 0 saturated carbocycles. The van der Waals surface area contributed by atoms with E-state index in [0.717, 1.165) is 13.7 Å². The standard InChI is InChI=1S/C34H57N3O6/c1-14-30(5,6)18-24(38)21-35-27(41)36(22-25(39)19-32(9,10)33(11,12)31(7,8)15-2)29(43)37(28(35)42)23-26(40)20-34(13,16-3)17-4/h14-17,24-26,38-40H,1-4,18-23H2,5-13H3. The zero-order valence-electron chi connectivity index (χ0n) is 28.0. The van der Waals surface area contributed by atoms with E-state index in [1.807, 2.05) is 40.7 Å². The van der Waals surface area contributed by atoms with E-state index in [1.54, 1.807) is 18.2 Å². The molecule has 1 aromatic heterocycles. The van der Waals surface area contributed by atoms with Crippen molar-refractivity contribution in [2.24, 2.45) is 27.1 Å². The van der Waals surface area contributed by atoms with Crippen LogP contribution in [0.1, 0.15) is 81.6 Å². The lowest BCUT2D eigenvalue weighted by molar-refractivity contribution is -0.0298. The van der Waals surface area contributed by atoms with Crippen LogP contribution in [-0.2, 0) is 19.6 Å². The van der Waals surface area contributed by atoms with Gasteiger partial charge in [-0.05, 0) is 40.9 Å². The highest BCUT2D eigenvalue weighted by Crippen LogP contribution is 2.54. The molecule has 9 heteroatoms. The van der Waals surface area contributed by atoms with E-state index in [1.165, 1.54) is 0 Å². The van der Waals surface area contributed by atoms with Crippen LogP contribution >= 0.6 is 0 Å². The third-order valence-corrected chi connectivity index (χ3v) is 10.0. The topological polar surface area (TPSA) is 127 Å². The molecule has 0 aromatic carbocycles. The Morgan fingerprint density at radius 2 is 0.930 bits per heavy atom. The van der Waals surface area contributed by atoms with Gasteiger partial charge in [-0.15, -0.1) is 26.3 Å². The van der Waals surface area contributed by atoms with E-state index in [-0.39, 0.29) is 43.2 Å². The Hall–Kier alpha value is -2.75. The molecule has 3 atom stereocenters. The van der Waals surface area contributed by atoms with Gasteiger partial charge in [-0.2, -0.15) is 0 Å². The molecule has 0 aliphatic heterocycles. The molecule has 0 saturated heterocycles. The molecule has 3 N–H and O–H groups in total. The number of aliphatic hydroxyl groups excluding tert-OH is 3. The van der Waals surface area contributed by atoms with Crippen LogP contribution in [0.15, 0.2) is 65.0 Å². The van der Waals surface area contributed by atoms with E-state index in [2.05, 4.69) is 54.0 Å². The third-order valence-electron chi connectivity index (χ3n) is 10.0. The summed E-state index contributed by atoms with van der Waals surface area (Å²) in [5.74, 6) is 0. The fraction of sp³-hybridized carbons (Fsp3) is 0.676. The second-order valence-corrected chi connectivity index (χ2v) is 14.8. The largest absolute Gasteiger partial charge is 0.391 e. The summed E-state index contributed by atoms with van der Waals surface area (Å²) in [5.41, 5.74) is -5.01. The smallest absolute Gasteiger partial charge is 0.336 e. The van der Waals surface area contributed by atoms with Crippen LogP contribution in [0, 0.1) is 27.1 Å². The maximum absolute atomic E-state index is 13.6. The average molecular weight is 604 g/mol. The van der Waals surface area contributed by atoms with Crippen molar-refractivity contribution in [3.05, 3.63) is 82.1 Å². The second-order valence-electron chi connectivity index (χ2n) is 14.8. The summed E-state index contributed by atoms with van der Waals surface area (Å²) in [6, 6.07) is 0. The molecule has 0 fully saturated rings. The highest BCUT2D eigenvalue weighted by molar-refractivity contribution is 5.05. The molecular formula is C34H57N3O6. The maximum atomic E-state index is 13.6. The minimum atomic E-state index is -1.15. The molecule has 43 heavy (non-hydrogen) atoms. The summed E-state index contributed by atoms with van der Waals surface area (Å²) in [6.45, 7) is 32.1. The molecule has 0 amide bonds. The van der Waals surface area contributed by atoms with Gasteiger partial charge in [0, 0.05) is 5.41 Å². The SMILES string of the molecule is C=CC(C)(C)CC(O)Cn1c(=O)n(CC(O)CC(C)(C=C)C=C)c(=O)n(CC(O)CC(C)(C)C(C)(C)C(C)(C)C=C)c1=O. The molecule has 244 valence electrons. The van der Waals surface area contributed by atoms with Crippen LogP contribution in [0.3, 0.4) is 0 Å². The molecular weight excluding hydrogens is 546 g/mol. The van der Waals surface area contributed by atoms with Crippen LogP contribution in [-0.4, -0.2) is 47.3 Å². The van der Waals surface area contributed by atoms with Crippen molar-refractivity contribution in [3.63, 3.8) is 0 Å². The fourth-order valence-corrected chi connectivity index (χ4v) is 5.40. The number of aliphatic hydroxyl groups is 3. The third kappa shape index (κ3) is 8.89. The lowest BCUT2D eigenvalue weighted by Gasteiger charge is -2.51. The van der Waals surface area contributed by atoms with Crippen LogP contribution < -0.4 is 17.1 Å². The summed E-state index contributed by atoms with van der Waals surface area (Å²) < 4.78 is 2.43. The number of nitrogens with zero attached hydrogens (tertiary/aromatic N) is 3. The maximum Gasteiger partial charge on any atom is 0.336 e. The van der Waals surface area contributed by atoms with Crippen LogP contribution in [0.5, 0.6) is 0 Å². The molecule has 0 bridgehead atoms. The summed E-state index contributed by atoms with van der Waals surface area (Å²) in [5, 5.41) is 33.0. The van der Waals surface area contributed by atoms with Crippen LogP contribution in [0.4, 0.5) is 0 Å². The van der Waals surface area contributed by atoms with Crippen molar-refractivity contribution in [3.8, 4) is 0 Å². The molecule has 0 spiro atoms. The van der Waals surface area contributed by atoms with Gasteiger partial charge in [0.1, 0.15) is 0 Å². The van der Waals surface area contributed by atoms with E-state index < -0.39 is 58.2 Å². The first-order valence-electron chi connectivity index (χ1n) is 15.0. The van der Waals surface area contributed by atoms with Gasteiger partial charge in [0.25, 0.3) is 0 Å². The quantitative estimate of drug-likeness (QED) is 0.215.